The lowest BCUT2D eigenvalue weighted by molar-refractivity contribution is -0.123. The summed E-state index contributed by atoms with van der Waals surface area (Å²) < 4.78 is 5.32. The number of aromatic nitrogens is 6. The van der Waals surface area contributed by atoms with Crippen molar-refractivity contribution in [2.45, 2.75) is 140 Å². The van der Waals surface area contributed by atoms with Gasteiger partial charge in [-0.15, -0.1) is 0 Å². The van der Waals surface area contributed by atoms with Crippen molar-refractivity contribution in [2.75, 3.05) is 46.4 Å². The first-order valence-electron chi connectivity index (χ1n) is 26.6. The molecule has 7 N–H and O–H groups in total. The average molecular weight is 989 g/mol. The smallest absolute Gasteiger partial charge is 0.274 e. The van der Waals surface area contributed by atoms with Crippen LogP contribution in [0, 0.1) is 23.7 Å². The van der Waals surface area contributed by atoms with Crippen LogP contribution in [0.3, 0.4) is 0 Å². The van der Waals surface area contributed by atoms with Crippen molar-refractivity contribution in [3.8, 4) is 0 Å². The summed E-state index contributed by atoms with van der Waals surface area (Å²) in [4.78, 5) is 70.3. The van der Waals surface area contributed by atoms with E-state index < -0.39 is 6.23 Å². The summed E-state index contributed by atoms with van der Waals surface area (Å²) in [6.07, 6.45) is 10.6. The Morgan fingerprint density at radius 2 is 1.29 bits per heavy atom. The molecule has 10 unspecified atom stereocenters. The van der Waals surface area contributed by atoms with Crippen LogP contribution < -0.4 is 16.0 Å². The Hall–Kier alpha value is -5.92. The van der Waals surface area contributed by atoms with Crippen molar-refractivity contribution in [1.29, 1.82) is 0 Å². The molecule has 386 valence electrons. The molecule has 0 spiro atoms. The molecule has 3 aromatic heterocycles. The molecular formula is C53H72N12O7. The van der Waals surface area contributed by atoms with Gasteiger partial charge < -0.3 is 35.2 Å². The minimum atomic E-state index is -0.640. The van der Waals surface area contributed by atoms with Crippen LogP contribution in [0.4, 0.5) is 0 Å². The van der Waals surface area contributed by atoms with Gasteiger partial charge in [0.15, 0.2) is 5.69 Å². The second-order valence-corrected chi connectivity index (χ2v) is 21.7. The van der Waals surface area contributed by atoms with Gasteiger partial charge in [0.2, 0.25) is 11.8 Å². The summed E-state index contributed by atoms with van der Waals surface area (Å²) in [5, 5.41) is 42.7. The predicted octanol–water partition coefficient (Wildman–Crippen LogP) is 4.35. The number of nitrogens with zero attached hydrogens (tertiary/aromatic N) is 6. The first-order chi connectivity index (χ1) is 34.9. The van der Waals surface area contributed by atoms with Crippen LogP contribution in [0.2, 0.25) is 0 Å². The van der Waals surface area contributed by atoms with Crippen molar-refractivity contribution >= 4 is 29.5 Å². The van der Waals surface area contributed by atoms with Crippen molar-refractivity contribution in [1.82, 2.24) is 61.2 Å². The molecule has 10 rings (SSSR count). The van der Waals surface area contributed by atoms with Gasteiger partial charge >= 0.3 is 0 Å². The highest BCUT2D eigenvalue weighted by Crippen LogP contribution is 2.49. The first kappa shape index (κ1) is 49.6. The van der Waals surface area contributed by atoms with E-state index in [2.05, 4.69) is 77.7 Å². The molecule has 5 amide bonds. The summed E-state index contributed by atoms with van der Waals surface area (Å²) in [7, 11) is 1.62. The number of aryl methyl sites for hydroxylation is 2. The van der Waals surface area contributed by atoms with E-state index in [1.165, 1.54) is 11.1 Å². The van der Waals surface area contributed by atoms with Gasteiger partial charge in [0.25, 0.3) is 17.7 Å². The molecule has 0 bridgehead atoms. The second-order valence-electron chi connectivity index (χ2n) is 21.7. The zero-order chi connectivity index (χ0) is 50.0. The largest absolute Gasteiger partial charge is 0.378 e. The third-order valence-electron chi connectivity index (χ3n) is 16.3. The Kier molecular flexibility index (Phi) is 14.9. The lowest BCUT2D eigenvalue weighted by atomic mass is 9.97. The summed E-state index contributed by atoms with van der Waals surface area (Å²) in [5.74, 6) is 1.01. The van der Waals surface area contributed by atoms with Crippen molar-refractivity contribution in [3.05, 3.63) is 87.8 Å². The number of H-pyrrole nitrogens is 3. The fraction of sp³-hybridized carbons (Fsp3) is 0.623. The van der Waals surface area contributed by atoms with E-state index in [-0.39, 0.29) is 77.4 Å². The lowest BCUT2D eigenvalue weighted by Gasteiger charge is -2.20. The highest BCUT2D eigenvalue weighted by atomic mass is 16.5. The Balaban J connectivity index is 0.586. The van der Waals surface area contributed by atoms with Crippen molar-refractivity contribution < 1.29 is 33.8 Å². The molecule has 72 heavy (non-hydrogen) atoms. The van der Waals surface area contributed by atoms with Crippen LogP contribution in [0.15, 0.2) is 42.5 Å². The third-order valence-corrected chi connectivity index (χ3v) is 16.3. The zero-order valence-electron chi connectivity index (χ0n) is 41.9. The van der Waals surface area contributed by atoms with E-state index in [1.54, 1.807) is 27.9 Å². The maximum atomic E-state index is 13.5. The first-order valence-corrected chi connectivity index (χ1v) is 26.6. The fourth-order valence-corrected chi connectivity index (χ4v) is 11.1. The Labute approximate surface area is 420 Å². The molecule has 3 aliphatic carbocycles. The number of nitrogens with one attached hydrogen (secondary N) is 6. The number of ether oxygens (including phenoxy) is 1. The van der Waals surface area contributed by atoms with Gasteiger partial charge in [0.1, 0.15) is 17.6 Å². The van der Waals surface area contributed by atoms with E-state index in [1.807, 2.05) is 19.1 Å². The maximum Gasteiger partial charge on any atom is 0.274 e. The molecule has 3 aliphatic heterocycles. The van der Waals surface area contributed by atoms with E-state index in [4.69, 9.17) is 4.74 Å². The molecule has 4 aromatic rings. The number of carbonyl (C=O) groups is 5. The lowest BCUT2D eigenvalue weighted by Crippen LogP contribution is -2.42. The number of methoxy groups -OCH3 is 1. The number of aliphatic hydroxyl groups excluding tert-OH is 1. The average Bonchev–Trinajstić information content (AvgIpc) is 4.17. The van der Waals surface area contributed by atoms with Gasteiger partial charge in [-0.25, -0.2) is 0 Å². The number of carbonyl (C=O) groups excluding carboxylic acids is 5. The molecule has 19 heteroatoms. The Morgan fingerprint density at radius 1 is 0.708 bits per heavy atom. The zero-order valence-corrected chi connectivity index (χ0v) is 41.9. The summed E-state index contributed by atoms with van der Waals surface area (Å²) in [6, 6.07) is 14.1. The van der Waals surface area contributed by atoms with Crippen LogP contribution in [0.1, 0.15) is 162 Å². The molecule has 19 nitrogen and oxygen atoms in total. The number of rotatable bonds is 22. The van der Waals surface area contributed by atoms with Gasteiger partial charge in [0.05, 0.1) is 11.8 Å². The number of aliphatic hydroxyl groups is 1. The minimum absolute atomic E-state index is 0.0147. The van der Waals surface area contributed by atoms with Gasteiger partial charge in [-0.05, 0) is 131 Å². The summed E-state index contributed by atoms with van der Waals surface area (Å²) >= 11 is 0. The predicted molar refractivity (Wildman–Crippen MR) is 265 cm³/mol. The van der Waals surface area contributed by atoms with Crippen LogP contribution in [-0.2, 0) is 27.2 Å². The number of benzene rings is 1. The highest BCUT2D eigenvalue weighted by molar-refractivity contribution is 5.94. The van der Waals surface area contributed by atoms with E-state index >= 15 is 0 Å². The standard InChI is InChI=1S/C53H72N12O7/c1-30(8-9-32-10-12-33(13-11-32)40-24-42(40)50(68)56-39-18-21-65(29-39)53(71)47-26-44(59-62-47)31(2)72-3)43-25-46(61-58-43)52(70)64-20-17-38(28-64)55-49(67)41-22-35(41)6-4-5-7-36-23-45(60-57-36)51(69)63-19-16-37(27-63)54-48(66)34-14-15-34/h10-13,23,25-26,30-31,34-35,37-42,50,56,68H,4-9,14-22,24,27-29H2,1-3H3,(H,54,66)(H,55,67)(H,57,60)(H,58,61)(H,59,62). The van der Waals surface area contributed by atoms with E-state index in [9.17, 15) is 29.1 Å². The number of hydrogen-bond donors (Lipinski definition) is 7. The number of amides is 5. The number of hydrogen-bond acceptors (Lipinski definition) is 11. The number of aromatic amines is 3. The topological polar surface area (TPSA) is 247 Å². The minimum Gasteiger partial charge on any atom is -0.378 e. The quantitative estimate of drug-likeness (QED) is 0.0431. The maximum absolute atomic E-state index is 13.5. The van der Waals surface area contributed by atoms with Crippen LogP contribution in [0.25, 0.3) is 0 Å². The molecule has 0 radical (unpaired) electrons. The molecular weight excluding hydrogens is 917 g/mol. The molecule has 1 aromatic carbocycles. The molecule has 3 saturated heterocycles. The van der Waals surface area contributed by atoms with Gasteiger partial charge in [-0.2, -0.15) is 15.3 Å². The monoisotopic (exact) mass is 989 g/mol. The van der Waals surface area contributed by atoms with Crippen LogP contribution in [-0.4, -0.2) is 151 Å². The molecule has 3 saturated carbocycles. The molecule has 10 atom stereocenters. The highest BCUT2D eigenvalue weighted by Gasteiger charge is 2.45. The van der Waals surface area contributed by atoms with Gasteiger partial charge in [0, 0.05) is 93.6 Å². The van der Waals surface area contributed by atoms with Gasteiger partial charge in [-0.3, -0.25) is 44.6 Å². The van der Waals surface area contributed by atoms with E-state index in [0.717, 1.165) is 101 Å². The fourth-order valence-electron chi connectivity index (χ4n) is 11.1. The Morgan fingerprint density at radius 3 is 1.94 bits per heavy atom. The van der Waals surface area contributed by atoms with Crippen molar-refractivity contribution in [3.63, 3.8) is 0 Å². The SMILES string of the molecule is COC(C)c1cc(C(=O)N2CCC(NC(O)C3CC3c3ccc(CCC(C)c4cc(C(=O)N5CCC(NC(=O)C6CC6CCCCc6cc(C(=O)N7CCC(NC(=O)C8CC8)C7)n[nH]6)C5)n[nH]4)cc3)C2)n[nH]1. The molecule has 6 fully saturated rings. The normalized spacial score (nSPS) is 25.9. The molecule has 6 heterocycles. The summed E-state index contributed by atoms with van der Waals surface area (Å²) in [5.41, 5.74) is 6.27. The van der Waals surface area contributed by atoms with Crippen LogP contribution >= 0.6 is 0 Å². The number of unbranched alkanes of at least 4 members (excludes halogenated alkanes) is 1. The third kappa shape index (κ3) is 11.8. The second kappa shape index (κ2) is 21.7. The van der Waals surface area contributed by atoms with Crippen molar-refractivity contribution in [2.24, 2.45) is 23.7 Å². The van der Waals surface area contributed by atoms with E-state index in [0.29, 0.717) is 68.2 Å². The van der Waals surface area contributed by atoms with Crippen LogP contribution in [0.5, 0.6) is 0 Å². The molecule has 6 aliphatic rings. The number of likely N-dealkylation sites (tertiary alicyclic amines) is 3. The Bertz CT molecular complexity index is 2570. The van der Waals surface area contributed by atoms with Gasteiger partial charge in [-0.1, -0.05) is 37.6 Å². The summed E-state index contributed by atoms with van der Waals surface area (Å²) in [6.45, 7) is 7.37.